The Kier molecular flexibility index (Phi) is 3.59. The van der Waals surface area contributed by atoms with Crippen molar-refractivity contribution in [3.63, 3.8) is 0 Å². The van der Waals surface area contributed by atoms with Gasteiger partial charge >= 0.3 is 0 Å². The fraction of sp³-hybridized carbons (Fsp3) is 0.750. The van der Waals surface area contributed by atoms with E-state index >= 15 is 0 Å². The monoisotopic (exact) mass is 248 g/mol. The summed E-state index contributed by atoms with van der Waals surface area (Å²) in [6.45, 7) is 11.6. The minimum atomic E-state index is 0.219. The molecule has 0 aromatic carbocycles. The molecule has 2 nitrogen and oxygen atoms in total. The van der Waals surface area contributed by atoms with Crippen LogP contribution in [0.4, 0.5) is 0 Å². The number of hydrogen-bond donors (Lipinski definition) is 1. The van der Waals surface area contributed by atoms with Gasteiger partial charge in [0, 0.05) is 24.0 Å². The zero-order chi connectivity index (χ0) is 13.5. The SMILES string of the molecule is CC(C)CC(C)n1ccc2c1CC(C)(C)CC2N. The first-order valence-corrected chi connectivity index (χ1v) is 7.25. The van der Waals surface area contributed by atoms with Crippen molar-refractivity contribution in [1.82, 2.24) is 4.57 Å². The molecule has 0 amide bonds. The number of nitrogens with two attached hydrogens (primary N) is 1. The van der Waals surface area contributed by atoms with E-state index in [2.05, 4.69) is 51.4 Å². The first kappa shape index (κ1) is 13.7. The molecule has 1 aliphatic rings. The van der Waals surface area contributed by atoms with E-state index < -0.39 is 0 Å². The van der Waals surface area contributed by atoms with Crippen molar-refractivity contribution in [3.8, 4) is 0 Å². The Morgan fingerprint density at radius 2 is 2.06 bits per heavy atom. The highest BCUT2D eigenvalue weighted by atomic mass is 15.0. The van der Waals surface area contributed by atoms with Gasteiger partial charge in [0.05, 0.1) is 0 Å². The summed E-state index contributed by atoms with van der Waals surface area (Å²) in [5.41, 5.74) is 9.51. The molecule has 2 atom stereocenters. The van der Waals surface area contributed by atoms with E-state index in [9.17, 15) is 0 Å². The molecule has 1 heterocycles. The van der Waals surface area contributed by atoms with Crippen LogP contribution < -0.4 is 5.73 Å². The highest BCUT2D eigenvalue weighted by Gasteiger charge is 2.32. The van der Waals surface area contributed by atoms with E-state index in [0.29, 0.717) is 11.5 Å². The molecule has 1 aliphatic carbocycles. The third-order valence-corrected chi connectivity index (χ3v) is 4.16. The summed E-state index contributed by atoms with van der Waals surface area (Å²) >= 11 is 0. The van der Waals surface area contributed by atoms with E-state index in [-0.39, 0.29) is 6.04 Å². The lowest BCUT2D eigenvalue weighted by Gasteiger charge is -2.35. The zero-order valence-electron chi connectivity index (χ0n) is 12.5. The molecular formula is C16H28N2. The van der Waals surface area contributed by atoms with Gasteiger partial charge in [-0.2, -0.15) is 0 Å². The molecule has 18 heavy (non-hydrogen) atoms. The van der Waals surface area contributed by atoms with Gasteiger partial charge in [-0.1, -0.05) is 27.7 Å². The summed E-state index contributed by atoms with van der Waals surface area (Å²) in [6.07, 6.45) is 5.74. The van der Waals surface area contributed by atoms with E-state index in [4.69, 9.17) is 5.73 Å². The third-order valence-electron chi connectivity index (χ3n) is 4.16. The smallest absolute Gasteiger partial charge is 0.0318 e. The Bertz CT molecular complexity index is 415. The van der Waals surface area contributed by atoms with Crippen molar-refractivity contribution < 1.29 is 0 Å². The lowest BCUT2D eigenvalue weighted by molar-refractivity contribution is 0.270. The summed E-state index contributed by atoms with van der Waals surface area (Å²) < 4.78 is 2.47. The summed E-state index contributed by atoms with van der Waals surface area (Å²) in [5.74, 6) is 0.739. The second-order valence-corrected chi connectivity index (χ2v) is 7.26. The lowest BCUT2D eigenvalue weighted by atomic mass is 9.74. The van der Waals surface area contributed by atoms with Crippen molar-refractivity contribution in [1.29, 1.82) is 0 Å². The molecule has 102 valence electrons. The van der Waals surface area contributed by atoms with Gasteiger partial charge in [-0.15, -0.1) is 0 Å². The van der Waals surface area contributed by atoms with Crippen LogP contribution in [0.15, 0.2) is 12.3 Å². The summed E-state index contributed by atoms with van der Waals surface area (Å²) in [4.78, 5) is 0. The molecule has 2 unspecified atom stereocenters. The zero-order valence-corrected chi connectivity index (χ0v) is 12.5. The first-order chi connectivity index (χ1) is 8.30. The van der Waals surface area contributed by atoms with Gasteiger partial charge in [0.25, 0.3) is 0 Å². The largest absolute Gasteiger partial charge is 0.348 e. The van der Waals surface area contributed by atoms with Crippen molar-refractivity contribution in [2.75, 3.05) is 0 Å². The number of fused-ring (bicyclic) bond motifs is 1. The van der Waals surface area contributed by atoms with Gasteiger partial charge in [0.2, 0.25) is 0 Å². The molecule has 0 saturated heterocycles. The number of hydrogen-bond acceptors (Lipinski definition) is 1. The topological polar surface area (TPSA) is 30.9 Å². The molecule has 0 bridgehead atoms. The van der Waals surface area contributed by atoms with Gasteiger partial charge in [-0.05, 0) is 49.1 Å². The van der Waals surface area contributed by atoms with Gasteiger partial charge in [-0.25, -0.2) is 0 Å². The van der Waals surface area contributed by atoms with Crippen LogP contribution in [0.2, 0.25) is 0 Å². The standard InChI is InChI=1S/C16H28N2/c1-11(2)8-12(3)18-7-6-13-14(17)9-16(4,5)10-15(13)18/h6-7,11-12,14H,8-10,17H2,1-5H3. The second kappa shape index (κ2) is 4.73. The fourth-order valence-corrected chi connectivity index (χ4v) is 3.47. The molecule has 0 fully saturated rings. The Morgan fingerprint density at radius 1 is 1.39 bits per heavy atom. The maximum atomic E-state index is 6.32. The van der Waals surface area contributed by atoms with E-state index in [1.54, 1.807) is 0 Å². The normalized spacial score (nSPS) is 24.1. The van der Waals surface area contributed by atoms with E-state index in [1.165, 1.54) is 17.7 Å². The second-order valence-electron chi connectivity index (χ2n) is 7.26. The maximum absolute atomic E-state index is 6.32. The van der Waals surface area contributed by atoms with Crippen LogP contribution in [0, 0.1) is 11.3 Å². The predicted molar refractivity (Wildman–Crippen MR) is 77.6 cm³/mol. The average molecular weight is 248 g/mol. The molecule has 1 aromatic heterocycles. The lowest BCUT2D eigenvalue weighted by Crippen LogP contribution is -2.31. The molecule has 1 aromatic rings. The van der Waals surface area contributed by atoms with Crippen molar-refractivity contribution in [2.24, 2.45) is 17.1 Å². The molecule has 2 heteroatoms. The van der Waals surface area contributed by atoms with E-state index in [1.807, 2.05) is 0 Å². The summed E-state index contributed by atoms with van der Waals surface area (Å²) in [7, 11) is 0. The number of rotatable bonds is 3. The minimum Gasteiger partial charge on any atom is -0.348 e. The van der Waals surface area contributed by atoms with Gasteiger partial charge in [-0.3, -0.25) is 0 Å². The third kappa shape index (κ3) is 2.64. The molecule has 0 radical (unpaired) electrons. The summed E-state index contributed by atoms with van der Waals surface area (Å²) in [5, 5.41) is 0. The molecule has 0 aliphatic heterocycles. The predicted octanol–water partition coefficient (Wildman–Crippen LogP) is 4.07. The van der Waals surface area contributed by atoms with Crippen LogP contribution in [0.3, 0.4) is 0 Å². The summed E-state index contributed by atoms with van der Waals surface area (Å²) in [6, 6.07) is 3.04. The van der Waals surface area contributed by atoms with Gasteiger partial charge in [0.1, 0.15) is 0 Å². The van der Waals surface area contributed by atoms with Gasteiger partial charge < -0.3 is 10.3 Å². The fourth-order valence-electron chi connectivity index (χ4n) is 3.47. The Labute approximate surface area is 112 Å². The van der Waals surface area contributed by atoms with Crippen LogP contribution in [0.25, 0.3) is 0 Å². The minimum absolute atomic E-state index is 0.219. The molecule has 2 N–H and O–H groups in total. The highest BCUT2D eigenvalue weighted by Crippen LogP contribution is 2.41. The van der Waals surface area contributed by atoms with E-state index in [0.717, 1.165) is 18.8 Å². The maximum Gasteiger partial charge on any atom is 0.0318 e. The molecule has 0 saturated carbocycles. The van der Waals surface area contributed by atoms with Crippen molar-refractivity contribution in [3.05, 3.63) is 23.5 Å². The number of aromatic nitrogens is 1. The molecule has 2 rings (SSSR count). The van der Waals surface area contributed by atoms with Crippen LogP contribution in [-0.4, -0.2) is 4.57 Å². The average Bonchev–Trinajstić information content (AvgIpc) is 2.58. The van der Waals surface area contributed by atoms with Crippen LogP contribution in [-0.2, 0) is 6.42 Å². The van der Waals surface area contributed by atoms with Crippen molar-refractivity contribution in [2.45, 2.75) is 66.0 Å². The quantitative estimate of drug-likeness (QED) is 0.859. The van der Waals surface area contributed by atoms with Crippen LogP contribution >= 0.6 is 0 Å². The molecular weight excluding hydrogens is 220 g/mol. The Balaban J connectivity index is 2.30. The van der Waals surface area contributed by atoms with Gasteiger partial charge in [0.15, 0.2) is 0 Å². The Morgan fingerprint density at radius 3 is 2.67 bits per heavy atom. The molecule has 0 spiro atoms. The first-order valence-electron chi connectivity index (χ1n) is 7.25. The number of nitrogens with zero attached hydrogens (tertiary/aromatic N) is 1. The Hall–Kier alpha value is -0.760. The van der Waals surface area contributed by atoms with Crippen LogP contribution in [0.1, 0.15) is 70.8 Å². The highest BCUT2D eigenvalue weighted by molar-refractivity contribution is 5.30. The van der Waals surface area contributed by atoms with Crippen molar-refractivity contribution >= 4 is 0 Å². The van der Waals surface area contributed by atoms with Crippen LogP contribution in [0.5, 0.6) is 0 Å².